The third-order valence-electron chi connectivity index (χ3n) is 7.58. The van der Waals surface area contributed by atoms with Crippen molar-refractivity contribution in [1.29, 1.82) is 0 Å². The van der Waals surface area contributed by atoms with Crippen LogP contribution in [-0.4, -0.2) is 6.61 Å². The highest BCUT2D eigenvalue weighted by molar-refractivity contribution is 5.84. The molecule has 2 aromatic carbocycles. The molecule has 2 aliphatic rings. The van der Waals surface area contributed by atoms with Crippen LogP contribution < -0.4 is 4.74 Å². The number of hydrogen-bond donors (Lipinski definition) is 0. The maximum absolute atomic E-state index is 5.67. The molecule has 4 rings (SSSR count). The van der Waals surface area contributed by atoms with Gasteiger partial charge in [0.1, 0.15) is 12.4 Å². The number of fused-ring (bicyclic) bond motifs is 1. The molecular formula is C27H36O. The van der Waals surface area contributed by atoms with Gasteiger partial charge in [-0.1, -0.05) is 63.1 Å². The average molecular weight is 377 g/mol. The number of ether oxygens (including phenoxy) is 1. The van der Waals surface area contributed by atoms with E-state index < -0.39 is 0 Å². The Morgan fingerprint density at radius 1 is 0.857 bits per heavy atom. The molecule has 0 spiro atoms. The summed E-state index contributed by atoms with van der Waals surface area (Å²) in [5.41, 5.74) is 1.54. The van der Waals surface area contributed by atoms with E-state index in [1.807, 2.05) is 0 Å². The molecule has 0 atom stereocenters. The van der Waals surface area contributed by atoms with E-state index in [1.54, 1.807) is 11.6 Å². The molecule has 0 aliphatic heterocycles. The molecule has 2 fully saturated rings. The Labute approximate surface area is 171 Å². The van der Waals surface area contributed by atoms with Gasteiger partial charge in [-0.3, -0.25) is 0 Å². The predicted octanol–water partition coefficient (Wildman–Crippen LogP) is 7.89. The Kier molecular flexibility index (Phi) is 6.40. The maximum atomic E-state index is 5.67. The molecule has 1 nitrogen and oxygen atoms in total. The first-order valence-electron chi connectivity index (χ1n) is 11.5. The van der Waals surface area contributed by atoms with E-state index in [0.717, 1.165) is 29.4 Å². The van der Waals surface area contributed by atoms with E-state index in [2.05, 4.69) is 49.9 Å². The second-order valence-electron chi connectivity index (χ2n) is 9.17. The first-order valence-corrected chi connectivity index (χ1v) is 11.5. The zero-order chi connectivity index (χ0) is 19.3. The lowest BCUT2D eigenvalue weighted by molar-refractivity contribution is 0.158. The SMILES string of the molecule is C=CCOc1ccc2cc(C3CCC(C4CCC(CC)CC4)CC3)ccc2c1. The first-order chi connectivity index (χ1) is 13.8. The molecule has 0 heterocycles. The zero-order valence-corrected chi connectivity index (χ0v) is 17.5. The fraction of sp³-hybridized carbons (Fsp3) is 0.556. The average Bonchev–Trinajstić information content (AvgIpc) is 2.77. The van der Waals surface area contributed by atoms with Crippen LogP contribution in [0.4, 0.5) is 0 Å². The summed E-state index contributed by atoms with van der Waals surface area (Å²) >= 11 is 0. The van der Waals surface area contributed by atoms with Crippen molar-refractivity contribution in [3.8, 4) is 5.75 Å². The molecule has 2 aliphatic carbocycles. The van der Waals surface area contributed by atoms with Gasteiger partial charge in [-0.15, -0.1) is 0 Å². The summed E-state index contributed by atoms with van der Waals surface area (Å²) in [5, 5.41) is 2.61. The fourth-order valence-electron chi connectivity index (χ4n) is 5.73. The Balaban J connectivity index is 1.36. The highest BCUT2D eigenvalue weighted by Crippen LogP contribution is 2.44. The third kappa shape index (κ3) is 4.45. The van der Waals surface area contributed by atoms with Crippen LogP contribution in [0.25, 0.3) is 10.8 Å². The summed E-state index contributed by atoms with van der Waals surface area (Å²) < 4.78 is 5.67. The molecule has 0 saturated heterocycles. The van der Waals surface area contributed by atoms with Crippen molar-refractivity contribution < 1.29 is 4.74 Å². The third-order valence-corrected chi connectivity index (χ3v) is 7.58. The largest absolute Gasteiger partial charge is 0.490 e. The van der Waals surface area contributed by atoms with Gasteiger partial charge in [0.2, 0.25) is 0 Å². The Morgan fingerprint density at radius 3 is 2.18 bits per heavy atom. The highest BCUT2D eigenvalue weighted by Gasteiger charge is 2.30. The summed E-state index contributed by atoms with van der Waals surface area (Å²) in [6.45, 7) is 6.65. The summed E-state index contributed by atoms with van der Waals surface area (Å²) in [6, 6.07) is 13.5. The summed E-state index contributed by atoms with van der Waals surface area (Å²) in [6.07, 6.45) is 14.8. The molecule has 0 bridgehead atoms. The molecule has 0 unspecified atom stereocenters. The van der Waals surface area contributed by atoms with Crippen LogP contribution in [0, 0.1) is 17.8 Å². The molecule has 0 N–H and O–H groups in total. The van der Waals surface area contributed by atoms with Crippen LogP contribution in [0.1, 0.15) is 76.2 Å². The Bertz CT molecular complexity index is 776. The second kappa shape index (κ2) is 9.16. The molecule has 150 valence electrons. The van der Waals surface area contributed by atoms with E-state index in [1.165, 1.54) is 68.6 Å². The second-order valence-corrected chi connectivity index (χ2v) is 9.17. The lowest BCUT2D eigenvalue weighted by Crippen LogP contribution is -2.25. The summed E-state index contributed by atoms with van der Waals surface area (Å²) in [7, 11) is 0. The first kappa shape index (κ1) is 19.6. The highest BCUT2D eigenvalue weighted by atomic mass is 16.5. The monoisotopic (exact) mass is 376 g/mol. The lowest BCUT2D eigenvalue weighted by atomic mass is 9.68. The van der Waals surface area contributed by atoms with Gasteiger partial charge in [0.25, 0.3) is 0 Å². The molecule has 0 amide bonds. The van der Waals surface area contributed by atoms with E-state index in [0.29, 0.717) is 6.61 Å². The van der Waals surface area contributed by atoms with Crippen molar-refractivity contribution >= 4 is 10.8 Å². The molecule has 2 saturated carbocycles. The maximum Gasteiger partial charge on any atom is 0.120 e. The van der Waals surface area contributed by atoms with Crippen molar-refractivity contribution in [3.05, 3.63) is 54.6 Å². The van der Waals surface area contributed by atoms with Crippen molar-refractivity contribution in [3.63, 3.8) is 0 Å². The minimum absolute atomic E-state index is 0.562. The summed E-state index contributed by atoms with van der Waals surface area (Å²) in [5.74, 6) is 4.73. The number of rotatable bonds is 6. The topological polar surface area (TPSA) is 9.23 Å². The van der Waals surface area contributed by atoms with Gasteiger partial charge in [0.15, 0.2) is 0 Å². The van der Waals surface area contributed by atoms with Gasteiger partial charge in [-0.2, -0.15) is 0 Å². The predicted molar refractivity (Wildman–Crippen MR) is 120 cm³/mol. The van der Waals surface area contributed by atoms with E-state index in [4.69, 9.17) is 4.74 Å². The van der Waals surface area contributed by atoms with Crippen LogP contribution >= 0.6 is 0 Å². The quantitative estimate of drug-likeness (QED) is 0.466. The van der Waals surface area contributed by atoms with Gasteiger partial charge in [0.05, 0.1) is 0 Å². The van der Waals surface area contributed by atoms with Gasteiger partial charge in [-0.25, -0.2) is 0 Å². The van der Waals surface area contributed by atoms with Crippen LogP contribution in [0.5, 0.6) is 5.75 Å². The van der Waals surface area contributed by atoms with Crippen LogP contribution in [0.3, 0.4) is 0 Å². The normalized spacial score (nSPS) is 28.2. The zero-order valence-electron chi connectivity index (χ0n) is 17.5. The molecule has 0 radical (unpaired) electrons. The van der Waals surface area contributed by atoms with Crippen LogP contribution in [-0.2, 0) is 0 Å². The molecular weight excluding hydrogens is 340 g/mol. The minimum atomic E-state index is 0.562. The standard InChI is InChI=1S/C27H36O/c1-3-17-28-27-16-15-25-18-24(13-14-26(25)19-27)23-11-9-22(10-12-23)21-7-5-20(4-2)6-8-21/h3,13-16,18-23H,1,4-12,17H2,2H3. The smallest absolute Gasteiger partial charge is 0.120 e. The van der Waals surface area contributed by atoms with Gasteiger partial charge < -0.3 is 4.74 Å². The molecule has 2 aromatic rings. The van der Waals surface area contributed by atoms with Gasteiger partial charge >= 0.3 is 0 Å². The number of benzene rings is 2. The van der Waals surface area contributed by atoms with Crippen LogP contribution in [0.2, 0.25) is 0 Å². The van der Waals surface area contributed by atoms with E-state index >= 15 is 0 Å². The fourth-order valence-corrected chi connectivity index (χ4v) is 5.73. The van der Waals surface area contributed by atoms with Crippen molar-refractivity contribution in [1.82, 2.24) is 0 Å². The molecule has 0 aromatic heterocycles. The minimum Gasteiger partial charge on any atom is -0.490 e. The van der Waals surface area contributed by atoms with E-state index in [-0.39, 0.29) is 0 Å². The van der Waals surface area contributed by atoms with Crippen molar-refractivity contribution in [2.24, 2.45) is 17.8 Å². The molecule has 1 heteroatoms. The van der Waals surface area contributed by atoms with Crippen LogP contribution in [0.15, 0.2) is 49.1 Å². The van der Waals surface area contributed by atoms with E-state index in [9.17, 15) is 0 Å². The van der Waals surface area contributed by atoms with Crippen molar-refractivity contribution in [2.75, 3.05) is 6.61 Å². The molecule has 28 heavy (non-hydrogen) atoms. The Morgan fingerprint density at radius 2 is 1.50 bits per heavy atom. The van der Waals surface area contributed by atoms with Gasteiger partial charge in [-0.05, 0) is 90.7 Å². The van der Waals surface area contributed by atoms with Gasteiger partial charge in [0, 0.05) is 0 Å². The van der Waals surface area contributed by atoms with Crippen molar-refractivity contribution in [2.45, 2.75) is 70.6 Å². The Hall–Kier alpha value is -1.76. The summed E-state index contributed by atoms with van der Waals surface area (Å²) in [4.78, 5) is 0. The lowest BCUT2D eigenvalue weighted by Gasteiger charge is -2.38. The number of hydrogen-bond acceptors (Lipinski definition) is 1.